The van der Waals surface area contributed by atoms with Crippen molar-refractivity contribution in [3.63, 3.8) is 0 Å². The second kappa shape index (κ2) is 7.25. The molecule has 0 aliphatic heterocycles. The Morgan fingerprint density at radius 1 is 1.42 bits per heavy atom. The van der Waals surface area contributed by atoms with Crippen molar-refractivity contribution in [1.29, 1.82) is 0 Å². The van der Waals surface area contributed by atoms with Crippen LogP contribution in [0.5, 0.6) is 5.75 Å². The van der Waals surface area contributed by atoms with Gasteiger partial charge in [0.05, 0.1) is 6.54 Å². The first-order valence-corrected chi connectivity index (χ1v) is 5.96. The van der Waals surface area contributed by atoms with Crippen LogP contribution in [-0.2, 0) is 4.79 Å². The van der Waals surface area contributed by atoms with Crippen LogP contribution in [0.15, 0.2) is 24.3 Å². The molecule has 6 heteroatoms. The summed E-state index contributed by atoms with van der Waals surface area (Å²) in [6, 6.07) is 7.03. The Hall–Kier alpha value is -2.24. The highest BCUT2D eigenvalue weighted by atomic mass is 16.5. The number of rotatable bonds is 6. The summed E-state index contributed by atoms with van der Waals surface area (Å²) in [4.78, 5) is 23.3. The van der Waals surface area contributed by atoms with Gasteiger partial charge in [0.15, 0.2) is 0 Å². The smallest absolute Gasteiger partial charge is 0.314 e. The molecule has 1 rings (SSSR count). The summed E-state index contributed by atoms with van der Waals surface area (Å²) < 4.78 is 5.47. The van der Waals surface area contributed by atoms with Crippen molar-refractivity contribution in [2.75, 3.05) is 26.7 Å². The third-order valence-corrected chi connectivity index (χ3v) is 2.44. The molecule has 1 aromatic rings. The van der Waals surface area contributed by atoms with E-state index in [4.69, 9.17) is 10.5 Å². The lowest BCUT2D eigenvalue weighted by Crippen LogP contribution is -2.41. The number of aryl methyl sites for hydroxylation is 1. The molecule has 0 radical (unpaired) electrons. The molecule has 0 spiro atoms. The van der Waals surface area contributed by atoms with E-state index in [2.05, 4.69) is 5.32 Å². The third-order valence-electron chi connectivity index (χ3n) is 2.44. The number of urea groups is 1. The Balaban J connectivity index is 2.20. The number of primary amides is 1. The van der Waals surface area contributed by atoms with Crippen LogP contribution in [0.3, 0.4) is 0 Å². The van der Waals surface area contributed by atoms with Crippen LogP contribution in [0, 0.1) is 6.92 Å². The van der Waals surface area contributed by atoms with Crippen LogP contribution in [0.1, 0.15) is 5.56 Å². The van der Waals surface area contributed by atoms with Crippen LogP contribution in [0.4, 0.5) is 4.79 Å². The topological polar surface area (TPSA) is 84.7 Å². The van der Waals surface area contributed by atoms with Crippen molar-refractivity contribution in [3.8, 4) is 5.75 Å². The van der Waals surface area contributed by atoms with E-state index >= 15 is 0 Å². The van der Waals surface area contributed by atoms with E-state index in [0.29, 0.717) is 13.2 Å². The molecule has 0 heterocycles. The summed E-state index contributed by atoms with van der Waals surface area (Å²) in [5.74, 6) is 0.498. The Kier molecular flexibility index (Phi) is 5.66. The molecule has 0 aromatic heterocycles. The van der Waals surface area contributed by atoms with Gasteiger partial charge in [0.25, 0.3) is 0 Å². The van der Waals surface area contributed by atoms with Crippen LogP contribution in [-0.4, -0.2) is 43.6 Å². The van der Waals surface area contributed by atoms with Crippen LogP contribution >= 0.6 is 0 Å². The van der Waals surface area contributed by atoms with Crippen LogP contribution in [0.2, 0.25) is 0 Å². The van der Waals surface area contributed by atoms with Gasteiger partial charge in [-0.25, -0.2) is 4.79 Å². The number of carbonyl (C=O) groups is 2. The maximum atomic E-state index is 11.4. The number of nitrogens with one attached hydrogen (secondary N) is 1. The Morgan fingerprint density at radius 2 is 2.16 bits per heavy atom. The number of ether oxygens (including phenoxy) is 1. The Morgan fingerprint density at radius 3 is 2.79 bits per heavy atom. The first-order valence-electron chi connectivity index (χ1n) is 5.96. The van der Waals surface area contributed by atoms with E-state index in [9.17, 15) is 9.59 Å². The molecule has 0 aliphatic rings. The number of carbonyl (C=O) groups excluding carboxylic acids is 2. The molecule has 0 aliphatic carbocycles. The Bertz CT molecular complexity index is 449. The summed E-state index contributed by atoms with van der Waals surface area (Å²) in [5.41, 5.74) is 6.13. The maximum Gasteiger partial charge on any atom is 0.314 e. The Labute approximate surface area is 112 Å². The van der Waals surface area contributed by atoms with Crippen LogP contribution in [0.25, 0.3) is 0 Å². The van der Waals surface area contributed by atoms with Crippen LogP contribution < -0.4 is 15.8 Å². The maximum absolute atomic E-state index is 11.4. The number of nitrogens with two attached hydrogens (primary N) is 1. The van der Waals surface area contributed by atoms with Gasteiger partial charge in [-0.2, -0.15) is 0 Å². The lowest BCUT2D eigenvalue weighted by molar-refractivity contribution is -0.121. The summed E-state index contributed by atoms with van der Waals surface area (Å²) in [6.45, 7) is 2.67. The predicted octanol–water partition coefficient (Wildman–Crippen LogP) is 0.501. The molecule has 104 valence electrons. The first kappa shape index (κ1) is 14.8. The van der Waals surface area contributed by atoms with E-state index in [1.165, 1.54) is 7.05 Å². The first-order chi connectivity index (χ1) is 8.99. The van der Waals surface area contributed by atoms with Crippen molar-refractivity contribution < 1.29 is 14.3 Å². The van der Waals surface area contributed by atoms with Crippen molar-refractivity contribution >= 4 is 11.9 Å². The molecule has 0 saturated heterocycles. The van der Waals surface area contributed by atoms with Gasteiger partial charge < -0.3 is 20.7 Å². The van der Waals surface area contributed by atoms with E-state index < -0.39 is 6.03 Å². The monoisotopic (exact) mass is 265 g/mol. The molecule has 0 saturated carbocycles. The molecule has 3 amide bonds. The molecular weight excluding hydrogens is 246 g/mol. The molecule has 3 N–H and O–H groups in total. The van der Waals surface area contributed by atoms with E-state index in [0.717, 1.165) is 16.2 Å². The van der Waals surface area contributed by atoms with Gasteiger partial charge in [-0.15, -0.1) is 0 Å². The minimum Gasteiger partial charge on any atom is -0.492 e. The average Bonchev–Trinajstić information content (AvgIpc) is 2.34. The fourth-order valence-corrected chi connectivity index (χ4v) is 1.41. The van der Waals surface area contributed by atoms with E-state index in [1.807, 2.05) is 31.2 Å². The SMILES string of the molecule is Cc1cccc(OCCNC(=O)CN(C)C(N)=O)c1. The van der Waals surface area contributed by atoms with Crippen molar-refractivity contribution in [3.05, 3.63) is 29.8 Å². The standard InChI is InChI=1S/C13H19N3O3/c1-10-4-3-5-11(8-10)19-7-6-15-12(17)9-16(2)13(14)18/h3-5,8H,6-7,9H2,1-2H3,(H2,14,18)(H,15,17). The summed E-state index contributed by atoms with van der Waals surface area (Å²) >= 11 is 0. The molecule has 0 fully saturated rings. The number of benzene rings is 1. The lowest BCUT2D eigenvalue weighted by Gasteiger charge is -2.13. The molecule has 19 heavy (non-hydrogen) atoms. The number of nitrogens with zero attached hydrogens (tertiary/aromatic N) is 1. The lowest BCUT2D eigenvalue weighted by atomic mass is 10.2. The van der Waals surface area contributed by atoms with Gasteiger partial charge in [0.1, 0.15) is 18.9 Å². The fourth-order valence-electron chi connectivity index (χ4n) is 1.41. The highest BCUT2D eigenvalue weighted by Crippen LogP contribution is 2.11. The normalized spacial score (nSPS) is 9.79. The quantitative estimate of drug-likeness (QED) is 0.735. The van der Waals surface area contributed by atoms with Crippen molar-refractivity contribution in [2.45, 2.75) is 6.92 Å². The third kappa shape index (κ3) is 5.76. The van der Waals surface area contributed by atoms with Gasteiger partial charge in [0, 0.05) is 7.05 Å². The number of amides is 3. The van der Waals surface area contributed by atoms with Gasteiger partial charge in [0.2, 0.25) is 5.91 Å². The molecule has 0 bridgehead atoms. The summed E-state index contributed by atoms with van der Waals surface area (Å²) in [5, 5.41) is 2.64. The average molecular weight is 265 g/mol. The fraction of sp³-hybridized carbons (Fsp3) is 0.385. The van der Waals surface area contributed by atoms with E-state index in [-0.39, 0.29) is 12.5 Å². The minimum absolute atomic E-state index is 0.0558. The molecular formula is C13H19N3O3. The second-order valence-corrected chi connectivity index (χ2v) is 4.21. The molecule has 0 atom stereocenters. The molecule has 1 aromatic carbocycles. The van der Waals surface area contributed by atoms with Gasteiger partial charge in [-0.05, 0) is 24.6 Å². The number of likely N-dealkylation sites (N-methyl/N-ethyl adjacent to an activating group) is 1. The van der Waals surface area contributed by atoms with Gasteiger partial charge >= 0.3 is 6.03 Å². The van der Waals surface area contributed by atoms with Gasteiger partial charge in [-0.3, -0.25) is 4.79 Å². The zero-order chi connectivity index (χ0) is 14.3. The molecule has 6 nitrogen and oxygen atoms in total. The highest BCUT2D eigenvalue weighted by molar-refractivity contribution is 5.83. The predicted molar refractivity (Wildman–Crippen MR) is 71.9 cm³/mol. The second-order valence-electron chi connectivity index (χ2n) is 4.21. The van der Waals surface area contributed by atoms with Crippen molar-refractivity contribution in [1.82, 2.24) is 10.2 Å². The zero-order valence-corrected chi connectivity index (χ0v) is 11.2. The summed E-state index contributed by atoms with van der Waals surface area (Å²) in [7, 11) is 1.46. The minimum atomic E-state index is -0.633. The summed E-state index contributed by atoms with van der Waals surface area (Å²) in [6.07, 6.45) is 0. The number of hydrogen-bond acceptors (Lipinski definition) is 3. The largest absolute Gasteiger partial charge is 0.492 e. The number of hydrogen-bond donors (Lipinski definition) is 2. The highest BCUT2D eigenvalue weighted by Gasteiger charge is 2.08. The van der Waals surface area contributed by atoms with Gasteiger partial charge in [-0.1, -0.05) is 12.1 Å². The molecule has 0 unspecified atom stereocenters. The van der Waals surface area contributed by atoms with E-state index in [1.54, 1.807) is 0 Å². The van der Waals surface area contributed by atoms with Crippen molar-refractivity contribution in [2.24, 2.45) is 5.73 Å². The zero-order valence-electron chi connectivity index (χ0n) is 11.2.